The van der Waals surface area contributed by atoms with Crippen molar-refractivity contribution in [2.75, 3.05) is 24.2 Å². The average Bonchev–Trinajstić information content (AvgIpc) is 2.31. The van der Waals surface area contributed by atoms with Crippen LogP contribution in [0.4, 0.5) is 11.4 Å². The number of nitrogens with two attached hydrogens (primary N) is 1. The summed E-state index contributed by atoms with van der Waals surface area (Å²) in [6.45, 7) is 10.2. The largest absolute Gasteiger partial charge is 0.492 e. The SMILES string of the molecule is CCOc1cc(NCC(C)(C)CC)ccc1N. The summed E-state index contributed by atoms with van der Waals surface area (Å²) in [4.78, 5) is 0. The molecule has 0 amide bonds. The Morgan fingerprint density at radius 1 is 1.29 bits per heavy atom. The van der Waals surface area contributed by atoms with Crippen molar-refractivity contribution >= 4 is 11.4 Å². The van der Waals surface area contributed by atoms with Crippen LogP contribution in [0.15, 0.2) is 18.2 Å². The summed E-state index contributed by atoms with van der Waals surface area (Å²) in [5.41, 5.74) is 7.88. The predicted octanol–water partition coefficient (Wildman–Crippen LogP) is 3.52. The summed E-state index contributed by atoms with van der Waals surface area (Å²) in [7, 11) is 0. The summed E-state index contributed by atoms with van der Waals surface area (Å²) in [6, 6.07) is 5.83. The highest BCUT2D eigenvalue weighted by Crippen LogP contribution is 2.27. The van der Waals surface area contributed by atoms with E-state index < -0.39 is 0 Å². The Hall–Kier alpha value is -1.38. The second-order valence-corrected chi connectivity index (χ2v) is 5.06. The Morgan fingerprint density at radius 2 is 2.00 bits per heavy atom. The Kier molecular flexibility index (Phi) is 4.67. The van der Waals surface area contributed by atoms with Crippen molar-refractivity contribution in [3.63, 3.8) is 0 Å². The van der Waals surface area contributed by atoms with E-state index in [9.17, 15) is 0 Å². The maximum absolute atomic E-state index is 5.83. The maximum atomic E-state index is 5.83. The fourth-order valence-corrected chi connectivity index (χ4v) is 1.39. The van der Waals surface area contributed by atoms with E-state index in [1.165, 1.54) is 0 Å². The van der Waals surface area contributed by atoms with E-state index in [-0.39, 0.29) is 0 Å². The lowest BCUT2D eigenvalue weighted by Gasteiger charge is -2.23. The number of rotatable bonds is 6. The van der Waals surface area contributed by atoms with Gasteiger partial charge < -0.3 is 15.8 Å². The first-order valence-electron chi connectivity index (χ1n) is 6.24. The van der Waals surface area contributed by atoms with Crippen LogP contribution in [-0.2, 0) is 0 Å². The zero-order valence-electron chi connectivity index (χ0n) is 11.3. The monoisotopic (exact) mass is 236 g/mol. The first-order valence-corrected chi connectivity index (χ1v) is 6.24. The molecule has 0 aromatic heterocycles. The fraction of sp³-hybridized carbons (Fsp3) is 0.571. The van der Waals surface area contributed by atoms with Crippen LogP contribution in [-0.4, -0.2) is 13.2 Å². The van der Waals surface area contributed by atoms with Gasteiger partial charge in [0, 0.05) is 18.3 Å². The second-order valence-electron chi connectivity index (χ2n) is 5.06. The topological polar surface area (TPSA) is 47.3 Å². The molecule has 0 unspecified atom stereocenters. The Bertz CT molecular complexity index is 361. The molecule has 17 heavy (non-hydrogen) atoms. The van der Waals surface area contributed by atoms with E-state index in [4.69, 9.17) is 10.5 Å². The molecule has 0 aliphatic rings. The zero-order valence-corrected chi connectivity index (χ0v) is 11.3. The van der Waals surface area contributed by atoms with E-state index in [1.54, 1.807) is 0 Å². The van der Waals surface area contributed by atoms with Crippen molar-refractivity contribution in [3.05, 3.63) is 18.2 Å². The van der Waals surface area contributed by atoms with E-state index in [0.717, 1.165) is 24.4 Å². The predicted molar refractivity (Wildman–Crippen MR) is 74.6 cm³/mol. The maximum Gasteiger partial charge on any atom is 0.144 e. The van der Waals surface area contributed by atoms with Gasteiger partial charge in [0.2, 0.25) is 0 Å². The number of benzene rings is 1. The first-order chi connectivity index (χ1) is 7.98. The van der Waals surface area contributed by atoms with Crippen LogP contribution in [0.1, 0.15) is 34.1 Å². The van der Waals surface area contributed by atoms with Crippen LogP contribution in [0, 0.1) is 5.41 Å². The molecule has 3 N–H and O–H groups in total. The van der Waals surface area contributed by atoms with Gasteiger partial charge in [-0.15, -0.1) is 0 Å². The second kappa shape index (κ2) is 5.80. The molecule has 0 aliphatic carbocycles. The lowest BCUT2D eigenvalue weighted by atomic mass is 9.90. The molecule has 0 atom stereocenters. The van der Waals surface area contributed by atoms with E-state index in [0.29, 0.717) is 17.7 Å². The molecular formula is C14H24N2O. The highest BCUT2D eigenvalue weighted by Gasteiger charge is 2.14. The smallest absolute Gasteiger partial charge is 0.144 e. The molecule has 3 heteroatoms. The Labute approximate surface area is 104 Å². The van der Waals surface area contributed by atoms with Crippen LogP contribution in [0.5, 0.6) is 5.75 Å². The van der Waals surface area contributed by atoms with Crippen LogP contribution in [0.2, 0.25) is 0 Å². The third kappa shape index (κ3) is 4.17. The number of hydrogen-bond donors (Lipinski definition) is 2. The lowest BCUT2D eigenvalue weighted by molar-refractivity contribution is 0.342. The molecule has 0 spiro atoms. The molecule has 1 aromatic carbocycles. The third-order valence-corrected chi connectivity index (χ3v) is 3.04. The summed E-state index contributed by atoms with van der Waals surface area (Å²) in [5.74, 6) is 0.756. The molecule has 0 heterocycles. The molecule has 96 valence electrons. The number of anilines is 2. The van der Waals surface area contributed by atoms with Crippen LogP contribution in [0.25, 0.3) is 0 Å². The quantitative estimate of drug-likeness (QED) is 0.743. The minimum Gasteiger partial charge on any atom is -0.492 e. The van der Waals surface area contributed by atoms with Gasteiger partial charge in [-0.3, -0.25) is 0 Å². The molecule has 0 aliphatic heterocycles. The van der Waals surface area contributed by atoms with Gasteiger partial charge in [-0.2, -0.15) is 0 Å². The molecule has 0 saturated carbocycles. The molecule has 0 fully saturated rings. The van der Waals surface area contributed by atoms with Gasteiger partial charge in [-0.05, 0) is 30.9 Å². The van der Waals surface area contributed by atoms with Gasteiger partial charge in [-0.25, -0.2) is 0 Å². The van der Waals surface area contributed by atoms with E-state index >= 15 is 0 Å². The van der Waals surface area contributed by atoms with Gasteiger partial charge in [0.25, 0.3) is 0 Å². The molecule has 0 saturated heterocycles. The zero-order chi connectivity index (χ0) is 12.9. The van der Waals surface area contributed by atoms with E-state index in [2.05, 4.69) is 26.1 Å². The third-order valence-electron chi connectivity index (χ3n) is 3.04. The summed E-state index contributed by atoms with van der Waals surface area (Å²) >= 11 is 0. The minimum absolute atomic E-state index is 0.299. The number of nitrogens with one attached hydrogen (secondary N) is 1. The highest BCUT2D eigenvalue weighted by molar-refractivity contribution is 5.61. The Morgan fingerprint density at radius 3 is 2.59 bits per heavy atom. The van der Waals surface area contributed by atoms with Crippen molar-refractivity contribution in [2.24, 2.45) is 5.41 Å². The van der Waals surface area contributed by atoms with Gasteiger partial charge >= 0.3 is 0 Å². The molecular weight excluding hydrogens is 212 g/mol. The minimum atomic E-state index is 0.299. The van der Waals surface area contributed by atoms with Gasteiger partial charge in [0.05, 0.1) is 12.3 Å². The van der Waals surface area contributed by atoms with E-state index in [1.807, 2.05) is 25.1 Å². The average molecular weight is 236 g/mol. The van der Waals surface area contributed by atoms with Gasteiger partial charge in [0.1, 0.15) is 5.75 Å². The number of hydrogen-bond acceptors (Lipinski definition) is 3. The Balaban J connectivity index is 2.69. The molecule has 1 aromatic rings. The van der Waals surface area contributed by atoms with Crippen LogP contribution < -0.4 is 15.8 Å². The summed E-state index contributed by atoms with van der Waals surface area (Å²) in [5, 5.41) is 3.43. The number of nitrogen functional groups attached to an aromatic ring is 1. The van der Waals surface area contributed by atoms with Crippen molar-refractivity contribution in [1.82, 2.24) is 0 Å². The standard InChI is InChI=1S/C14H24N2O/c1-5-14(3,4)10-16-11-7-8-12(15)13(9-11)17-6-2/h7-9,16H,5-6,10,15H2,1-4H3. The summed E-state index contributed by atoms with van der Waals surface area (Å²) in [6.07, 6.45) is 1.15. The number of ether oxygens (including phenoxy) is 1. The van der Waals surface area contributed by atoms with Crippen LogP contribution >= 0.6 is 0 Å². The fourth-order valence-electron chi connectivity index (χ4n) is 1.39. The molecule has 0 radical (unpaired) electrons. The van der Waals surface area contributed by atoms with Gasteiger partial charge in [-0.1, -0.05) is 20.8 Å². The highest BCUT2D eigenvalue weighted by atomic mass is 16.5. The lowest BCUT2D eigenvalue weighted by Crippen LogP contribution is -2.22. The summed E-state index contributed by atoms with van der Waals surface area (Å²) < 4.78 is 5.47. The first kappa shape index (κ1) is 13.7. The molecule has 0 bridgehead atoms. The molecule has 3 nitrogen and oxygen atoms in total. The van der Waals surface area contributed by atoms with Crippen molar-refractivity contribution in [3.8, 4) is 5.75 Å². The van der Waals surface area contributed by atoms with Crippen molar-refractivity contribution in [1.29, 1.82) is 0 Å². The normalized spacial score (nSPS) is 11.3. The molecule has 1 rings (SSSR count). The van der Waals surface area contributed by atoms with Crippen molar-refractivity contribution in [2.45, 2.75) is 34.1 Å². The van der Waals surface area contributed by atoms with Crippen molar-refractivity contribution < 1.29 is 4.74 Å². The van der Waals surface area contributed by atoms with Gasteiger partial charge in [0.15, 0.2) is 0 Å². The van der Waals surface area contributed by atoms with Crippen LogP contribution in [0.3, 0.4) is 0 Å².